The van der Waals surface area contributed by atoms with Gasteiger partial charge in [-0.1, -0.05) is 74.4 Å². The molecule has 7 heteroatoms. The summed E-state index contributed by atoms with van der Waals surface area (Å²) in [4.78, 5) is 35.4. The van der Waals surface area contributed by atoms with Crippen LogP contribution in [0.1, 0.15) is 64.2 Å². The summed E-state index contributed by atoms with van der Waals surface area (Å²) in [5.74, 6) is 0.0509. The Balaban J connectivity index is 1.30. The van der Waals surface area contributed by atoms with Gasteiger partial charge in [0.05, 0.1) is 35.0 Å². The summed E-state index contributed by atoms with van der Waals surface area (Å²) in [7, 11) is 0. The van der Waals surface area contributed by atoms with E-state index in [0.29, 0.717) is 34.7 Å². The van der Waals surface area contributed by atoms with Crippen LogP contribution in [-0.2, 0) is 0 Å². The van der Waals surface area contributed by atoms with Gasteiger partial charge in [-0.3, -0.25) is 19.6 Å². The zero-order chi connectivity index (χ0) is 28.4. The second-order valence-electron chi connectivity index (χ2n) is 9.71. The molecule has 0 radical (unpaired) electrons. The van der Waals surface area contributed by atoms with Gasteiger partial charge in [-0.25, -0.2) is 0 Å². The topological polar surface area (TPSA) is 93.2 Å². The summed E-state index contributed by atoms with van der Waals surface area (Å²) in [6, 6.07) is 29.4. The average Bonchev–Trinajstić information content (AvgIpc) is 3.02. The molecule has 0 saturated heterocycles. The number of ether oxygens (including phenoxy) is 1. The largest absolute Gasteiger partial charge is 0.493 e. The average molecular weight is 545 g/mol. The van der Waals surface area contributed by atoms with Crippen LogP contribution in [0.3, 0.4) is 0 Å². The fraction of sp³-hybridized carbons (Fsp3) is 0.176. The van der Waals surface area contributed by atoms with E-state index in [1.54, 1.807) is 36.7 Å². The normalized spacial score (nSPS) is 11.5. The summed E-state index contributed by atoms with van der Waals surface area (Å²) in [5.41, 5.74) is 3.85. The number of carbonyl (C=O) groups is 2. The number of anilines is 1. The molecule has 5 aromatic rings. The number of aromatic nitrogens is 2. The molecule has 7 nitrogen and oxygen atoms in total. The minimum atomic E-state index is -0.406. The lowest BCUT2D eigenvalue weighted by Crippen LogP contribution is -2.30. The molecule has 0 fully saturated rings. The number of amides is 2. The number of benzene rings is 3. The smallest absolute Gasteiger partial charge is 0.259 e. The molecule has 0 bridgehead atoms. The molecule has 0 spiro atoms. The van der Waals surface area contributed by atoms with E-state index in [0.717, 1.165) is 35.9 Å². The van der Waals surface area contributed by atoms with Gasteiger partial charge >= 0.3 is 0 Å². The lowest BCUT2D eigenvalue weighted by molar-refractivity contribution is 0.0941. The van der Waals surface area contributed by atoms with Crippen molar-refractivity contribution in [1.29, 1.82) is 0 Å². The van der Waals surface area contributed by atoms with Crippen LogP contribution < -0.4 is 15.4 Å². The van der Waals surface area contributed by atoms with E-state index < -0.39 is 6.04 Å². The van der Waals surface area contributed by atoms with Crippen molar-refractivity contribution >= 4 is 28.4 Å². The Hall–Kier alpha value is -5.04. The Morgan fingerprint density at radius 1 is 0.829 bits per heavy atom. The summed E-state index contributed by atoms with van der Waals surface area (Å²) in [6.45, 7) is 2.71. The molecule has 2 aromatic heterocycles. The first-order valence-corrected chi connectivity index (χ1v) is 13.8. The SMILES string of the molecule is CCCCCOc1ccccc1C(=O)Nc1ccc2cc(C(=O)NC(c3ccccc3)c3ccccn3)cnc2c1. The van der Waals surface area contributed by atoms with Gasteiger partial charge < -0.3 is 15.4 Å². The zero-order valence-corrected chi connectivity index (χ0v) is 22.9. The van der Waals surface area contributed by atoms with Gasteiger partial charge in [0.25, 0.3) is 11.8 Å². The number of unbranched alkanes of at least 4 members (excludes halogenated alkanes) is 2. The summed E-state index contributed by atoms with van der Waals surface area (Å²) >= 11 is 0. The van der Waals surface area contributed by atoms with E-state index in [9.17, 15) is 9.59 Å². The van der Waals surface area contributed by atoms with Crippen molar-refractivity contribution in [3.05, 3.63) is 132 Å². The highest BCUT2D eigenvalue weighted by molar-refractivity contribution is 6.07. The van der Waals surface area contributed by atoms with Gasteiger partial charge in [0.15, 0.2) is 0 Å². The van der Waals surface area contributed by atoms with Crippen LogP contribution in [0.15, 0.2) is 109 Å². The standard InChI is InChI=1S/C34H32N4O3/c1-2-3-11-20-41-31-16-8-7-14-28(31)34(40)37-27-18-17-25-21-26(23-36-30(25)22-27)33(39)38-32(24-12-5-4-6-13-24)29-15-9-10-19-35-29/h4-10,12-19,21-23,32H,2-3,11,20H2,1H3,(H,37,40)(H,38,39). The van der Waals surface area contributed by atoms with Crippen LogP contribution in [0.5, 0.6) is 5.75 Å². The highest BCUT2D eigenvalue weighted by Crippen LogP contribution is 2.24. The van der Waals surface area contributed by atoms with E-state index >= 15 is 0 Å². The van der Waals surface area contributed by atoms with Crippen LogP contribution in [0.4, 0.5) is 5.69 Å². The van der Waals surface area contributed by atoms with Crippen molar-refractivity contribution in [3.63, 3.8) is 0 Å². The predicted octanol–water partition coefficient (Wildman–Crippen LogP) is 6.97. The molecule has 41 heavy (non-hydrogen) atoms. The molecule has 206 valence electrons. The Bertz CT molecular complexity index is 1580. The highest BCUT2D eigenvalue weighted by atomic mass is 16.5. The Kier molecular flexibility index (Phi) is 8.96. The molecule has 1 atom stereocenters. The maximum Gasteiger partial charge on any atom is 0.259 e. The molecule has 2 heterocycles. The molecule has 0 aliphatic heterocycles. The van der Waals surface area contributed by atoms with E-state index in [2.05, 4.69) is 27.5 Å². The lowest BCUT2D eigenvalue weighted by Gasteiger charge is -2.19. The number of nitrogens with one attached hydrogen (secondary N) is 2. The fourth-order valence-corrected chi connectivity index (χ4v) is 4.57. The first kappa shape index (κ1) is 27.5. The van der Waals surface area contributed by atoms with Crippen molar-refractivity contribution < 1.29 is 14.3 Å². The molecule has 0 aliphatic rings. The Morgan fingerprint density at radius 3 is 2.44 bits per heavy atom. The third-order valence-electron chi connectivity index (χ3n) is 6.73. The minimum absolute atomic E-state index is 0.257. The molecule has 2 N–H and O–H groups in total. The maximum absolute atomic E-state index is 13.3. The van der Waals surface area contributed by atoms with Crippen molar-refractivity contribution in [2.24, 2.45) is 0 Å². The van der Waals surface area contributed by atoms with Crippen molar-refractivity contribution in [2.45, 2.75) is 32.2 Å². The number of para-hydroxylation sites is 1. The number of fused-ring (bicyclic) bond motifs is 1. The van der Waals surface area contributed by atoms with Crippen LogP contribution in [-0.4, -0.2) is 28.4 Å². The second-order valence-corrected chi connectivity index (χ2v) is 9.71. The van der Waals surface area contributed by atoms with Gasteiger partial charge in [-0.15, -0.1) is 0 Å². The van der Waals surface area contributed by atoms with Gasteiger partial charge in [0.2, 0.25) is 0 Å². The van der Waals surface area contributed by atoms with E-state index in [1.807, 2.05) is 72.8 Å². The van der Waals surface area contributed by atoms with Gasteiger partial charge in [0, 0.05) is 23.5 Å². The highest BCUT2D eigenvalue weighted by Gasteiger charge is 2.19. The number of hydrogen-bond acceptors (Lipinski definition) is 5. The Labute approximate surface area is 239 Å². The molecule has 0 saturated carbocycles. The van der Waals surface area contributed by atoms with Crippen LogP contribution in [0.25, 0.3) is 10.9 Å². The minimum Gasteiger partial charge on any atom is -0.493 e. The first-order chi connectivity index (χ1) is 20.1. The second kappa shape index (κ2) is 13.3. The van der Waals surface area contributed by atoms with Crippen LogP contribution in [0.2, 0.25) is 0 Å². The monoisotopic (exact) mass is 544 g/mol. The lowest BCUT2D eigenvalue weighted by atomic mass is 10.0. The third-order valence-corrected chi connectivity index (χ3v) is 6.73. The molecule has 3 aromatic carbocycles. The predicted molar refractivity (Wildman–Crippen MR) is 161 cm³/mol. The quantitative estimate of drug-likeness (QED) is 0.175. The van der Waals surface area contributed by atoms with E-state index in [1.165, 1.54) is 0 Å². The molecule has 2 amide bonds. The molecule has 5 rings (SSSR count). The third kappa shape index (κ3) is 6.94. The van der Waals surface area contributed by atoms with Crippen molar-refractivity contribution in [2.75, 3.05) is 11.9 Å². The fourth-order valence-electron chi connectivity index (χ4n) is 4.57. The summed E-state index contributed by atoms with van der Waals surface area (Å²) in [5, 5.41) is 6.83. The molecule has 1 unspecified atom stereocenters. The summed E-state index contributed by atoms with van der Waals surface area (Å²) in [6.07, 6.45) is 6.39. The van der Waals surface area contributed by atoms with Gasteiger partial charge in [-0.05, 0) is 54.4 Å². The number of rotatable bonds is 11. The van der Waals surface area contributed by atoms with Gasteiger partial charge in [0.1, 0.15) is 5.75 Å². The van der Waals surface area contributed by atoms with Crippen LogP contribution >= 0.6 is 0 Å². The number of pyridine rings is 2. The number of carbonyl (C=O) groups excluding carboxylic acids is 2. The Morgan fingerprint density at radius 2 is 1.63 bits per heavy atom. The van der Waals surface area contributed by atoms with Crippen molar-refractivity contribution in [3.8, 4) is 5.75 Å². The molecule has 0 aliphatic carbocycles. The maximum atomic E-state index is 13.3. The number of hydrogen-bond donors (Lipinski definition) is 2. The van der Waals surface area contributed by atoms with E-state index in [-0.39, 0.29) is 11.8 Å². The van der Waals surface area contributed by atoms with Crippen molar-refractivity contribution in [1.82, 2.24) is 15.3 Å². The number of nitrogens with zero attached hydrogens (tertiary/aromatic N) is 2. The first-order valence-electron chi connectivity index (χ1n) is 13.8. The molecular weight excluding hydrogens is 512 g/mol. The summed E-state index contributed by atoms with van der Waals surface area (Å²) < 4.78 is 5.87. The molecular formula is C34H32N4O3. The van der Waals surface area contributed by atoms with Crippen LogP contribution in [0, 0.1) is 0 Å². The zero-order valence-electron chi connectivity index (χ0n) is 22.9. The van der Waals surface area contributed by atoms with E-state index in [4.69, 9.17) is 4.74 Å². The van der Waals surface area contributed by atoms with Gasteiger partial charge in [-0.2, -0.15) is 0 Å².